The van der Waals surface area contributed by atoms with Crippen LogP contribution in [0.3, 0.4) is 0 Å². The second-order valence-electron chi connectivity index (χ2n) is 6.54. The van der Waals surface area contributed by atoms with Crippen LogP contribution in [0.2, 0.25) is 0 Å². The van der Waals surface area contributed by atoms with E-state index in [-0.39, 0.29) is 29.5 Å². The number of carbonyl (C=O) groups excluding carboxylic acids is 2. The van der Waals surface area contributed by atoms with Crippen LogP contribution in [0.1, 0.15) is 31.2 Å². The quantitative estimate of drug-likeness (QED) is 0.815. The molecule has 4 rings (SSSR count). The Morgan fingerprint density at radius 3 is 2.50 bits per heavy atom. The highest BCUT2D eigenvalue weighted by Crippen LogP contribution is 2.39. The van der Waals surface area contributed by atoms with Crippen molar-refractivity contribution in [2.24, 2.45) is 11.8 Å². The highest BCUT2D eigenvalue weighted by molar-refractivity contribution is 6.21. The predicted molar refractivity (Wildman–Crippen MR) is 85.7 cm³/mol. The maximum atomic E-state index is 13.3. The van der Waals surface area contributed by atoms with Crippen molar-refractivity contribution in [2.75, 3.05) is 4.90 Å². The van der Waals surface area contributed by atoms with Crippen LogP contribution in [-0.4, -0.2) is 21.6 Å². The number of carbonyl (C=O) groups is 2. The van der Waals surface area contributed by atoms with E-state index in [1.807, 2.05) is 6.07 Å². The van der Waals surface area contributed by atoms with Crippen molar-refractivity contribution >= 4 is 17.5 Å². The number of anilines is 1. The number of fused-ring (bicyclic) bond motifs is 1. The molecule has 0 bridgehead atoms. The molecular weight excluding hydrogens is 309 g/mol. The van der Waals surface area contributed by atoms with Gasteiger partial charge in [0.2, 0.25) is 11.8 Å². The third kappa shape index (κ3) is 2.52. The van der Waals surface area contributed by atoms with Gasteiger partial charge in [-0.25, -0.2) is 9.29 Å². The molecule has 5 nitrogen and oxygen atoms in total. The summed E-state index contributed by atoms with van der Waals surface area (Å²) in [5, 5.41) is 4.22. The monoisotopic (exact) mass is 327 g/mol. The molecule has 1 aliphatic carbocycles. The summed E-state index contributed by atoms with van der Waals surface area (Å²) in [4.78, 5) is 26.5. The van der Waals surface area contributed by atoms with Gasteiger partial charge in [0.15, 0.2) is 0 Å². The number of amides is 2. The molecule has 0 radical (unpaired) electrons. The van der Waals surface area contributed by atoms with Crippen molar-refractivity contribution in [1.82, 2.24) is 9.78 Å². The number of benzene rings is 1. The van der Waals surface area contributed by atoms with Gasteiger partial charge in [-0.1, -0.05) is 25.0 Å². The highest BCUT2D eigenvalue weighted by Gasteiger charge is 2.49. The molecule has 2 amide bonds. The molecule has 6 heteroatoms. The minimum Gasteiger partial charge on any atom is -0.274 e. The van der Waals surface area contributed by atoms with E-state index in [1.54, 1.807) is 16.9 Å². The average Bonchev–Trinajstić information content (AvgIpc) is 3.11. The third-order valence-electron chi connectivity index (χ3n) is 4.95. The van der Waals surface area contributed by atoms with Gasteiger partial charge in [-0.05, 0) is 30.5 Å². The fourth-order valence-electron chi connectivity index (χ4n) is 3.79. The molecule has 2 heterocycles. The molecule has 2 atom stereocenters. The number of rotatable bonds is 3. The summed E-state index contributed by atoms with van der Waals surface area (Å²) in [5.74, 6) is -0.838. The van der Waals surface area contributed by atoms with Crippen LogP contribution in [-0.2, 0) is 16.1 Å². The molecule has 0 N–H and O–H groups in total. The van der Waals surface area contributed by atoms with Crippen LogP contribution in [0.15, 0.2) is 36.7 Å². The van der Waals surface area contributed by atoms with Crippen molar-refractivity contribution < 1.29 is 14.0 Å². The molecule has 1 saturated carbocycles. The maximum absolute atomic E-state index is 13.3. The summed E-state index contributed by atoms with van der Waals surface area (Å²) >= 11 is 0. The summed E-state index contributed by atoms with van der Waals surface area (Å²) in [6.45, 7) is 0.390. The number of aromatic nitrogens is 2. The first-order chi connectivity index (χ1) is 11.6. The second kappa shape index (κ2) is 5.85. The van der Waals surface area contributed by atoms with Crippen LogP contribution < -0.4 is 4.90 Å². The van der Waals surface area contributed by atoms with Crippen molar-refractivity contribution in [3.8, 4) is 0 Å². The zero-order valence-electron chi connectivity index (χ0n) is 13.2. The third-order valence-corrected chi connectivity index (χ3v) is 4.95. The number of nitrogens with zero attached hydrogens (tertiary/aromatic N) is 3. The van der Waals surface area contributed by atoms with Crippen LogP contribution in [0.4, 0.5) is 10.1 Å². The Kier molecular flexibility index (Phi) is 3.67. The molecular formula is C18H18FN3O2. The van der Waals surface area contributed by atoms with E-state index in [4.69, 9.17) is 0 Å². The molecule has 1 aromatic carbocycles. The van der Waals surface area contributed by atoms with Crippen LogP contribution in [0.5, 0.6) is 0 Å². The van der Waals surface area contributed by atoms with Gasteiger partial charge in [-0.3, -0.25) is 14.3 Å². The summed E-state index contributed by atoms with van der Waals surface area (Å²) in [6.07, 6.45) is 6.82. The zero-order chi connectivity index (χ0) is 16.7. The van der Waals surface area contributed by atoms with E-state index < -0.39 is 0 Å². The Morgan fingerprint density at radius 2 is 1.83 bits per heavy atom. The smallest absolute Gasteiger partial charge is 0.237 e. The minimum atomic E-state index is -0.297. The zero-order valence-corrected chi connectivity index (χ0v) is 13.2. The SMILES string of the molecule is O=C1[C@H]2CCCC[C@H]2C(=O)N1c1cnn(Cc2cccc(F)c2)c1. The standard InChI is InChI=1S/C18H18FN3O2/c19-13-5-3-4-12(8-13)10-21-11-14(9-20-21)22-17(23)15-6-1-2-7-16(15)18(22)24/h3-5,8-9,11,15-16H,1-2,6-7,10H2/t15-,16+. The normalized spacial score (nSPS) is 23.6. The van der Waals surface area contributed by atoms with Crippen molar-refractivity contribution in [3.63, 3.8) is 0 Å². The highest BCUT2D eigenvalue weighted by atomic mass is 19.1. The molecule has 2 aromatic rings. The molecule has 124 valence electrons. The summed E-state index contributed by atoms with van der Waals surface area (Å²) in [7, 11) is 0. The van der Waals surface area contributed by atoms with Crippen LogP contribution in [0, 0.1) is 17.7 Å². The van der Waals surface area contributed by atoms with Gasteiger partial charge in [-0.15, -0.1) is 0 Å². The number of halogens is 1. The molecule has 1 aromatic heterocycles. The summed E-state index contributed by atoms with van der Waals surface area (Å²) < 4.78 is 14.9. The van der Waals surface area contributed by atoms with Gasteiger partial charge >= 0.3 is 0 Å². The molecule has 1 saturated heterocycles. The van der Waals surface area contributed by atoms with Crippen LogP contribution >= 0.6 is 0 Å². The Hall–Kier alpha value is -2.50. The van der Waals surface area contributed by atoms with Crippen molar-refractivity contribution in [1.29, 1.82) is 0 Å². The number of imide groups is 1. The Bertz CT molecular complexity index is 777. The first kappa shape index (κ1) is 15.1. The van der Waals surface area contributed by atoms with Gasteiger partial charge in [0.05, 0.1) is 30.3 Å². The number of hydrogen-bond donors (Lipinski definition) is 0. The first-order valence-electron chi connectivity index (χ1n) is 8.28. The lowest BCUT2D eigenvalue weighted by Gasteiger charge is -2.19. The van der Waals surface area contributed by atoms with Gasteiger partial charge in [0.1, 0.15) is 5.82 Å². The molecule has 1 aliphatic heterocycles. The second-order valence-corrected chi connectivity index (χ2v) is 6.54. The Morgan fingerprint density at radius 1 is 1.12 bits per heavy atom. The predicted octanol–water partition coefficient (Wildman–Crippen LogP) is 2.75. The van der Waals surface area contributed by atoms with Crippen molar-refractivity contribution in [3.05, 3.63) is 48.0 Å². The van der Waals surface area contributed by atoms with Crippen molar-refractivity contribution in [2.45, 2.75) is 32.2 Å². The molecule has 2 aliphatic rings. The topological polar surface area (TPSA) is 55.2 Å². The first-order valence-corrected chi connectivity index (χ1v) is 8.28. The summed E-state index contributed by atoms with van der Waals surface area (Å²) in [5.41, 5.74) is 1.29. The Labute approximate surface area is 139 Å². The minimum absolute atomic E-state index is 0.102. The fraction of sp³-hybridized carbons (Fsp3) is 0.389. The summed E-state index contributed by atoms with van der Waals surface area (Å²) in [6, 6.07) is 6.29. The van der Waals surface area contributed by atoms with E-state index in [1.165, 1.54) is 23.2 Å². The van der Waals surface area contributed by atoms with Gasteiger partial charge in [-0.2, -0.15) is 5.10 Å². The molecule has 2 fully saturated rings. The maximum Gasteiger partial charge on any atom is 0.237 e. The lowest BCUT2D eigenvalue weighted by molar-refractivity contribution is -0.122. The lowest BCUT2D eigenvalue weighted by atomic mass is 9.81. The van der Waals surface area contributed by atoms with E-state index in [2.05, 4.69) is 5.10 Å². The van der Waals surface area contributed by atoms with Crippen LogP contribution in [0.25, 0.3) is 0 Å². The molecule has 0 spiro atoms. The van der Waals surface area contributed by atoms with E-state index in [0.29, 0.717) is 12.2 Å². The molecule has 0 unspecified atom stereocenters. The van der Waals surface area contributed by atoms with E-state index >= 15 is 0 Å². The van der Waals surface area contributed by atoms with Gasteiger partial charge in [0.25, 0.3) is 0 Å². The van der Waals surface area contributed by atoms with E-state index in [9.17, 15) is 14.0 Å². The lowest BCUT2D eigenvalue weighted by Crippen LogP contribution is -2.30. The largest absolute Gasteiger partial charge is 0.274 e. The Balaban J connectivity index is 1.56. The van der Waals surface area contributed by atoms with Gasteiger partial charge < -0.3 is 0 Å². The number of hydrogen-bond acceptors (Lipinski definition) is 3. The average molecular weight is 327 g/mol. The fourth-order valence-corrected chi connectivity index (χ4v) is 3.79. The molecule has 24 heavy (non-hydrogen) atoms. The van der Waals surface area contributed by atoms with Gasteiger partial charge in [0, 0.05) is 6.20 Å². The van der Waals surface area contributed by atoms with E-state index in [0.717, 1.165) is 31.2 Å².